The van der Waals surface area contributed by atoms with Crippen molar-refractivity contribution in [3.63, 3.8) is 0 Å². The number of anilines is 2. The monoisotopic (exact) mass is 320 g/mol. The van der Waals surface area contributed by atoms with Gasteiger partial charge in [-0.15, -0.1) is 5.10 Å². The second-order valence-electron chi connectivity index (χ2n) is 5.27. The predicted octanol–water partition coefficient (Wildman–Crippen LogP) is 3.38. The molecule has 0 aromatic carbocycles. The van der Waals surface area contributed by atoms with Gasteiger partial charge in [-0.05, 0) is 37.3 Å². The van der Waals surface area contributed by atoms with Crippen molar-refractivity contribution < 1.29 is 4.39 Å². The van der Waals surface area contributed by atoms with E-state index in [0.29, 0.717) is 23.0 Å². The quantitative estimate of drug-likeness (QED) is 0.627. The molecule has 0 atom stereocenters. The fourth-order valence-corrected chi connectivity index (χ4v) is 2.41. The summed E-state index contributed by atoms with van der Waals surface area (Å²) in [7, 11) is 0. The number of nitrogens with zero attached hydrogens (tertiary/aromatic N) is 5. The molecule has 4 rings (SSSR count). The predicted molar refractivity (Wildman–Crippen MR) is 88.4 cm³/mol. The van der Waals surface area contributed by atoms with Crippen molar-refractivity contribution in [1.29, 1.82) is 0 Å². The Bertz CT molecular complexity index is 1030. The van der Waals surface area contributed by atoms with E-state index in [2.05, 4.69) is 25.4 Å². The molecule has 0 saturated heterocycles. The van der Waals surface area contributed by atoms with Crippen LogP contribution in [0.4, 0.5) is 15.9 Å². The third-order valence-electron chi connectivity index (χ3n) is 3.53. The normalized spacial score (nSPS) is 10.9. The molecule has 1 N–H and O–H groups in total. The maximum Gasteiger partial charge on any atom is 0.200 e. The number of hydrogen-bond acceptors (Lipinski definition) is 5. The first kappa shape index (κ1) is 14.3. The Balaban J connectivity index is 1.85. The maximum absolute atomic E-state index is 13.9. The Morgan fingerprint density at radius 3 is 2.83 bits per heavy atom. The number of aromatic nitrogens is 5. The Labute approximate surface area is 137 Å². The van der Waals surface area contributed by atoms with Gasteiger partial charge in [0, 0.05) is 18.1 Å². The fourth-order valence-electron chi connectivity index (χ4n) is 2.41. The smallest absolute Gasteiger partial charge is 0.200 e. The van der Waals surface area contributed by atoms with E-state index in [9.17, 15) is 4.39 Å². The summed E-state index contributed by atoms with van der Waals surface area (Å²) >= 11 is 0. The molecule has 7 heteroatoms. The van der Waals surface area contributed by atoms with Gasteiger partial charge in [0.25, 0.3) is 0 Å². The fraction of sp³-hybridized carbons (Fsp3) is 0.0588. The van der Waals surface area contributed by atoms with Crippen LogP contribution in [0.15, 0.2) is 55.0 Å². The molecule has 0 aliphatic heterocycles. The van der Waals surface area contributed by atoms with Crippen molar-refractivity contribution in [2.45, 2.75) is 6.92 Å². The third-order valence-corrected chi connectivity index (χ3v) is 3.53. The molecule has 4 aromatic heterocycles. The van der Waals surface area contributed by atoms with Crippen molar-refractivity contribution in [2.75, 3.05) is 5.32 Å². The summed E-state index contributed by atoms with van der Waals surface area (Å²) in [6.07, 6.45) is 4.48. The molecule has 24 heavy (non-hydrogen) atoms. The largest absolute Gasteiger partial charge is 0.336 e. The average molecular weight is 320 g/mol. The molecule has 0 amide bonds. The molecular weight excluding hydrogens is 307 g/mol. The van der Waals surface area contributed by atoms with Crippen molar-refractivity contribution in [3.8, 4) is 11.5 Å². The molecule has 0 aliphatic carbocycles. The third kappa shape index (κ3) is 2.56. The average Bonchev–Trinajstić information content (AvgIpc) is 3.06. The maximum atomic E-state index is 13.9. The highest BCUT2D eigenvalue weighted by atomic mass is 19.1. The Morgan fingerprint density at radius 1 is 1.08 bits per heavy atom. The van der Waals surface area contributed by atoms with Crippen molar-refractivity contribution in [3.05, 3.63) is 66.5 Å². The highest BCUT2D eigenvalue weighted by Crippen LogP contribution is 2.24. The van der Waals surface area contributed by atoms with Crippen LogP contribution in [0.25, 0.3) is 17.0 Å². The molecule has 6 nitrogen and oxygen atoms in total. The molecule has 0 bridgehead atoms. The van der Waals surface area contributed by atoms with Crippen LogP contribution in [0, 0.1) is 12.7 Å². The lowest BCUT2D eigenvalue weighted by atomic mass is 10.3. The summed E-state index contributed by atoms with van der Waals surface area (Å²) in [6, 6.07) is 10.9. The van der Waals surface area contributed by atoms with E-state index in [4.69, 9.17) is 0 Å². The zero-order valence-electron chi connectivity index (χ0n) is 12.8. The number of halogens is 1. The minimum absolute atomic E-state index is 0.301. The van der Waals surface area contributed by atoms with Crippen LogP contribution in [-0.4, -0.2) is 24.6 Å². The van der Waals surface area contributed by atoms with Crippen molar-refractivity contribution in [2.24, 2.45) is 0 Å². The number of aryl methyl sites for hydroxylation is 1. The molecule has 0 fully saturated rings. The second kappa shape index (κ2) is 5.69. The first-order valence-electron chi connectivity index (χ1n) is 7.37. The lowest BCUT2D eigenvalue weighted by molar-refractivity contribution is 0.625. The second-order valence-corrected chi connectivity index (χ2v) is 5.27. The zero-order chi connectivity index (χ0) is 16.5. The summed E-state index contributed by atoms with van der Waals surface area (Å²) in [5, 5.41) is 7.48. The van der Waals surface area contributed by atoms with Crippen LogP contribution in [0.2, 0.25) is 0 Å². The first-order chi connectivity index (χ1) is 11.7. The lowest BCUT2D eigenvalue weighted by Crippen LogP contribution is -2.05. The Hall–Kier alpha value is -3.35. The number of fused-ring (bicyclic) bond motifs is 1. The van der Waals surface area contributed by atoms with Gasteiger partial charge in [0.15, 0.2) is 11.6 Å². The van der Waals surface area contributed by atoms with Crippen molar-refractivity contribution >= 4 is 17.0 Å². The van der Waals surface area contributed by atoms with Crippen LogP contribution in [0.3, 0.4) is 0 Å². The van der Waals surface area contributed by atoms with Gasteiger partial charge >= 0.3 is 0 Å². The summed E-state index contributed by atoms with van der Waals surface area (Å²) in [5.74, 6) is 0.508. The Morgan fingerprint density at radius 2 is 2.00 bits per heavy atom. The Kier molecular flexibility index (Phi) is 3.38. The summed E-state index contributed by atoms with van der Waals surface area (Å²) in [5.41, 5.74) is 2.57. The number of pyridine rings is 2. The van der Waals surface area contributed by atoms with Gasteiger partial charge in [-0.3, -0.25) is 4.98 Å². The molecule has 0 radical (unpaired) electrons. The SMILES string of the molecule is Cc1cccc(-c2nc(Nc3ccncc3F)c3cccn3n2)n1. The molecule has 0 saturated carbocycles. The first-order valence-corrected chi connectivity index (χ1v) is 7.37. The molecule has 0 spiro atoms. The van der Waals surface area contributed by atoms with E-state index in [-0.39, 0.29) is 0 Å². The van der Waals surface area contributed by atoms with E-state index < -0.39 is 5.82 Å². The van der Waals surface area contributed by atoms with Crippen LogP contribution < -0.4 is 5.32 Å². The highest BCUT2D eigenvalue weighted by molar-refractivity contribution is 5.74. The van der Waals surface area contributed by atoms with Crippen LogP contribution >= 0.6 is 0 Å². The highest BCUT2D eigenvalue weighted by Gasteiger charge is 2.12. The number of hydrogen-bond donors (Lipinski definition) is 1. The molecule has 0 aliphatic rings. The molecule has 0 unspecified atom stereocenters. The van der Waals surface area contributed by atoms with Crippen LogP contribution in [-0.2, 0) is 0 Å². The van der Waals surface area contributed by atoms with E-state index >= 15 is 0 Å². The number of rotatable bonds is 3. The van der Waals surface area contributed by atoms with E-state index in [1.807, 2.05) is 43.5 Å². The standard InChI is InChI=1S/C17H13FN6/c1-11-4-2-5-14(20-11)16-22-17(15-6-3-9-24(15)23-16)21-13-7-8-19-10-12(13)18/h2-10H,1H3,(H,19,21,22,23). The van der Waals surface area contributed by atoms with Gasteiger partial charge in [-0.25, -0.2) is 18.9 Å². The molecular formula is C17H13FN6. The van der Waals surface area contributed by atoms with Gasteiger partial charge < -0.3 is 5.32 Å². The van der Waals surface area contributed by atoms with Gasteiger partial charge in [0.05, 0.1) is 11.9 Å². The summed E-state index contributed by atoms with van der Waals surface area (Å²) in [6.45, 7) is 1.91. The van der Waals surface area contributed by atoms with Gasteiger partial charge in [0.1, 0.15) is 11.2 Å². The van der Waals surface area contributed by atoms with Crippen LogP contribution in [0.5, 0.6) is 0 Å². The van der Waals surface area contributed by atoms with Gasteiger partial charge in [-0.1, -0.05) is 6.07 Å². The summed E-state index contributed by atoms with van der Waals surface area (Å²) < 4.78 is 15.6. The van der Waals surface area contributed by atoms with E-state index in [1.165, 1.54) is 6.20 Å². The van der Waals surface area contributed by atoms with Gasteiger partial charge in [-0.2, -0.15) is 0 Å². The minimum Gasteiger partial charge on any atom is -0.336 e. The minimum atomic E-state index is -0.448. The topological polar surface area (TPSA) is 68.0 Å². The van der Waals surface area contributed by atoms with Gasteiger partial charge in [0.2, 0.25) is 5.82 Å². The number of nitrogens with one attached hydrogen (secondary N) is 1. The summed E-state index contributed by atoms with van der Waals surface area (Å²) in [4.78, 5) is 12.7. The molecule has 4 heterocycles. The van der Waals surface area contributed by atoms with Crippen LogP contribution in [0.1, 0.15) is 5.69 Å². The molecule has 4 aromatic rings. The lowest BCUT2D eigenvalue weighted by Gasteiger charge is -2.10. The van der Waals surface area contributed by atoms with E-state index in [0.717, 1.165) is 17.4 Å². The van der Waals surface area contributed by atoms with Crippen molar-refractivity contribution in [1.82, 2.24) is 24.6 Å². The zero-order valence-corrected chi connectivity index (χ0v) is 12.8. The molecule has 118 valence electrons. The van der Waals surface area contributed by atoms with E-state index in [1.54, 1.807) is 10.6 Å².